The molecule has 0 aromatic carbocycles. The van der Waals surface area contributed by atoms with Crippen LogP contribution in [0.1, 0.15) is 30.7 Å². The first kappa shape index (κ1) is 15.1. The molecule has 0 saturated carbocycles. The van der Waals surface area contributed by atoms with Gasteiger partial charge in [0.05, 0.1) is 18.7 Å². The van der Waals surface area contributed by atoms with Gasteiger partial charge >= 0.3 is 0 Å². The number of aromatic nitrogens is 2. The van der Waals surface area contributed by atoms with Gasteiger partial charge in [0.2, 0.25) is 5.91 Å². The number of hydrogen-bond donors (Lipinski definition) is 1. The normalized spacial score (nSPS) is 34.4. The van der Waals surface area contributed by atoms with E-state index in [0.29, 0.717) is 17.9 Å². The number of piperidine rings is 1. The van der Waals surface area contributed by atoms with Crippen LogP contribution in [0.15, 0.2) is 12.4 Å². The minimum Gasteiger partial charge on any atom is -0.381 e. The Morgan fingerprint density at radius 2 is 2.30 bits per heavy atom. The lowest BCUT2D eigenvalue weighted by atomic mass is 9.83. The molecule has 1 N–H and O–H groups in total. The summed E-state index contributed by atoms with van der Waals surface area (Å²) < 4.78 is 7.45. The number of aryl methyl sites for hydroxylation is 1. The van der Waals surface area contributed by atoms with Gasteiger partial charge in [0.1, 0.15) is 0 Å². The molecule has 3 fully saturated rings. The first-order valence-electron chi connectivity index (χ1n) is 8.81. The molecule has 1 amide bonds. The summed E-state index contributed by atoms with van der Waals surface area (Å²) in [6, 6.07) is 0.389. The number of nitrogens with zero attached hydrogens (tertiary/aromatic N) is 3. The highest BCUT2D eigenvalue weighted by atomic mass is 16.5. The van der Waals surface area contributed by atoms with E-state index in [4.69, 9.17) is 4.74 Å². The van der Waals surface area contributed by atoms with Crippen LogP contribution in [-0.4, -0.2) is 59.5 Å². The Labute approximate surface area is 137 Å². The van der Waals surface area contributed by atoms with Gasteiger partial charge in [0, 0.05) is 57.4 Å². The van der Waals surface area contributed by atoms with Gasteiger partial charge in [-0.05, 0) is 24.8 Å². The van der Waals surface area contributed by atoms with E-state index in [1.54, 1.807) is 0 Å². The number of ether oxygens (including phenoxy) is 1. The third-order valence-corrected chi connectivity index (χ3v) is 5.78. The standard InChI is InChI=1S/C17H26N4O2/c1-20-10-13(7-19-20)14-8-18-9-15(14)17(22)21-5-2-3-12-11-23-6-4-16(12)21/h7,10,12,14-16,18H,2-6,8-9,11H2,1H3/t12?,14-,15+,16?/m1/s1. The summed E-state index contributed by atoms with van der Waals surface area (Å²) in [6.07, 6.45) is 7.25. The number of fused-ring (bicyclic) bond motifs is 1. The summed E-state index contributed by atoms with van der Waals surface area (Å²) in [6.45, 7) is 4.18. The van der Waals surface area contributed by atoms with Crippen molar-refractivity contribution in [2.45, 2.75) is 31.2 Å². The zero-order valence-corrected chi connectivity index (χ0v) is 13.8. The molecule has 4 atom stereocenters. The Morgan fingerprint density at radius 1 is 1.39 bits per heavy atom. The van der Waals surface area contributed by atoms with Gasteiger partial charge in [-0.3, -0.25) is 9.48 Å². The number of amides is 1. The molecule has 6 heteroatoms. The maximum absolute atomic E-state index is 13.3. The summed E-state index contributed by atoms with van der Waals surface area (Å²) >= 11 is 0. The Bertz CT molecular complexity index is 571. The van der Waals surface area contributed by atoms with E-state index in [2.05, 4.69) is 15.3 Å². The molecule has 0 bridgehead atoms. The van der Waals surface area contributed by atoms with Gasteiger partial charge in [-0.25, -0.2) is 0 Å². The quantitative estimate of drug-likeness (QED) is 0.874. The third-order valence-electron chi connectivity index (χ3n) is 5.78. The number of likely N-dealkylation sites (tertiary alicyclic amines) is 1. The highest BCUT2D eigenvalue weighted by Gasteiger charge is 2.42. The van der Waals surface area contributed by atoms with Crippen molar-refractivity contribution in [3.8, 4) is 0 Å². The van der Waals surface area contributed by atoms with Gasteiger partial charge in [0.25, 0.3) is 0 Å². The van der Waals surface area contributed by atoms with Crippen LogP contribution in [0.25, 0.3) is 0 Å². The van der Waals surface area contributed by atoms with Gasteiger partial charge in [-0.1, -0.05) is 0 Å². The van der Waals surface area contributed by atoms with Crippen LogP contribution in [0.3, 0.4) is 0 Å². The number of hydrogen-bond acceptors (Lipinski definition) is 4. The highest BCUT2D eigenvalue weighted by molar-refractivity contribution is 5.81. The largest absolute Gasteiger partial charge is 0.381 e. The molecule has 6 nitrogen and oxygen atoms in total. The van der Waals surface area contributed by atoms with Crippen molar-refractivity contribution in [2.24, 2.45) is 18.9 Å². The van der Waals surface area contributed by atoms with Crippen molar-refractivity contribution in [3.63, 3.8) is 0 Å². The van der Waals surface area contributed by atoms with Crippen LogP contribution in [-0.2, 0) is 16.6 Å². The molecule has 3 saturated heterocycles. The average Bonchev–Trinajstić information content (AvgIpc) is 3.22. The van der Waals surface area contributed by atoms with Gasteiger partial charge < -0.3 is 15.0 Å². The van der Waals surface area contributed by atoms with Crippen molar-refractivity contribution in [2.75, 3.05) is 32.8 Å². The van der Waals surface area contributed by atoms with Gasteiger partial charge in [0.15, 0.2) is 0 Å². The maximum Gasteiger partial charge on any atom is 0.227 e. The molecule has 0 radical (unpaired) electrons. The number of rotatable bonds is 2. The molecule has 1 aromatic heterocycles. The van der Waals surface area contributed by atoms with Crippen LogP contribution in [0.4, 0.5) is 0 Å². The number of carbonyl (C=O) groups is 1. The fourth-order valence-corrected chi connectivity index (χ4v) is 4.57. The summed E-state index contributed by atoms with van der Waals surface area (Å²) in [7, 11) is 1.93. The highest BCUT2D eigenvalue weighted by Crippen LogP contribution is 2.34. The molecule has 4 heterocycles. The van der Waals surface area contributed by atoms with Crippen molar-refractivity contribution in [3.05, 3.63) is 18.0 Å². The first-order valence-corrected chi connectivity index (χ1v) is 8.81. The fraction of sp³-hybridized carbons (Fsp3) is 0.765. The monoisotopic (exact) mass is 318 g/mol. The van der Waals surface area contributed by atoms with Gasteiger partial charge in [-0.15, -0.1) is 0 Å². The molecular formula is C17H26N4O2. The lowest BCUT2D eigenvalue weighted by molar-refractivity contribution is -0.145. The molecule has 2 unspecified atom stereocenters. The second-order valence-corrected chi connectivity index (χ2v) is 7.18. The molecule has 126 valence electrons. The molecule has 3 aliphatic rings. The molecule has 3 aliphatic heterocycles. The topological polar surface area (TPSA) is 59.4 Å². The number of nitrogens with one attached hydrogen (secondary N) is 1. The minimum absolute atomic E-state index is 0.0424. The molecule has 0 aliphatic carbocycles. The van der Waals surface area contributed by atoms with Crippen LogP contribution in [0.2, 0.25) is 0 Å². The van der Waals surface area contributed by atoms with E-state index < -0.39 is 0 Å². The molecule has 4 rings (SSSR count). The van der Waals surface area contributed by atoms with Crippen molar-refractivity contribution in [1.29, 1.82) is 0 Å². The third kappa shape index (κ3) is 2.78. The van der Waals surface area contributed by atoms with Crippen molar-refractivity contribution < 1.29 is 9.53 Å². The summed E-state index contributed by atoms with van der Waals surface area (Å²) in [5.41, 5.74) is 1.18. The van der Waals surface area contributed by atoms with Crippen LogP contribution >= 0.6 is 0 Å². The second kappa shape index (κ2) is 6.24. The maximum atomic E-state index is 13.3. The first-order chi connectivity index (χ1) is 11.2. The van der Waals surface area contributed by atoms with E-state index in [-0.39, 0.29) is 11.8 Å². The molecular weight excluding hydrogens is 292 g/mol. The summed E-state index contributed by atoms with van der Waals surface area (Å²) in [5.74, 6) is 1.16. The van der Waals surface area contributed by atoms with Crippen molar-refractivity contribution >= 4 is 5.91 Å². The average molecular weight is 318 g/mol. The van der Waals surface area contributed by atoms with Crippen LogP contribution in [0, 0.1) is 11.8 Å². The lowest BCUT2D eigenvalue weighted by Gasteiger charge is -2.45. The Hall–Kier alpha value is -1.40. The van der Waals surface area contributed by atoms with Crippen LogP contribution in [0.5, 0.6) is 0 Å². The fourth-order valence-electron chi connectivity index (χ4n) is 4.57. The molecule has 23 heavy (non-hydrogen) atoms. The SMILES string of the molecule is Cn1cc([C@H]2CNC[C@@H]2C(=O)N2CCCC3COCCC32)cn1. The predicted molar refractivity (Wildman–Crippen MR) is 86.0 cm³/mol. The smallest absolute Gasteiger partial charge is 0.227 e. The van der Waals surface area contributed by atoms with E-state index in [0.717, 1.165) is 45.7 Å². The van der Waals surface area contributed by atoms with E-state index in [9.17, 15) is 4.79 Å². The Balaban J connectivity index is 1.53. The second-order valence-electron chi connectivity index (χ2n) is 7.18. The number of carbonyl (C=O) groups excluding carboxylic acids is 1. The zero-order chi connectivity index (χ0) is 15.8. The van der Waals surface area contributed by atoms with Crippen molar-refractivity contribution in [1.82, 2.24) is 20.0 Å². The zero-order valence-electron chi connectivity index (χ0n) is 13.8. The van der Waals surface area contributed by atoms with E-state index in [1.165, 1.54) is 12.0 Å². The van der Waals surface area contributed by atoms with E-state index in [1.807, 2.05) is 24.1 Å². The summed E-state index contributed by atoms with van der Waals surface area (Å²) in [5, 5.41) is 7.69. The summed E-state index contributed by atoms with van der Waals surface area (Å²) in [4.78, 5) is 15.4. The molecule has 1 aromatic rings. The molecule has 0 spiro atoms. The predicted octanol–water partition coefficient (Wildman–Crippen LogP) is 0.751. The lowest BCUT2D eigenvalue weighted by Crippen LogP contribution is -2.54. The van der Waals surface area contributed by atoms with Gasteiger partial charge in [-0.2, -0.15) is 5.10 Å². The minimum atomic E-state index is 0.0424. The Morgan fingerprint density at radius 3 is 3.13 bits per heavy atom. The van der Waals surface area contributed by atoms with E-state index >= 15 is 0 Å². The van der Waals surface area contributed by atoms with Crippen LogP contribution < -0.4 is 5.32 Å². The Kier molecular flexibility index (Phi) is 4.11.